The van der Waals surface area contributed by atoms with Crippen molar-refractivity contribution < 1.29 is 9.53 Å². The molecule has 0 atom stereocenters. The fourth-order valence-corrected chi connectivity index (χ4v) is 3.54. The Labute approximate surface area is 146 Å². The fourth-order valence-electron chi connectivity index (χ4n) is 1.82. The van der Waals surface area contributed by atoms with Gasteiger partial charge in [0.05, 0.1) is 15.0 Å². The molecule has 0 unspecified atom stereocenters. The molecule has 2 rings (SSSR count). The quantitative estimate of drug-likeness (QED) is 0.599. The van der Waals surface area contributed by atoms with Crippen LogP contribution >= 0.6 is 38.9 Å². The molecule has 0 radical (unpaired) electrons. The molecule has 0 spiro atoms. The number of nitrogens with one attached hydrogen (secondary N) is 1. The van der Waals surface area contributed by atoms with Crippen LogP contribution in [-0.2, 0) is 4.79 Å². The molecule has 0 aliphatic heterocycles. The highest BCUT2D eigenvalue weighted by Gasteiger charge is 2.08. The van der Waals surface area contributed by atoms with Crippen LogP contribution in [0.25, 0.3) is 0 Å². The van der Waals surface area contributed by atoms with Crippen LogP contribution in [0.3, 0.4) is 0 Å². The number of carbonyl (C=O) groups is 1. The molecule has 1 aromatic carbocycles. The molecule has 4 nitrogen and oxygen atoms in total. The summed E-state index contributed by atoms with van der Waals surface area (Å²) in [6.07, 6.45) is 1.54. The number of ether oxygens (including phenoxy) is 1. The summed E-state index contributed by atoms with van der Waals surface area (Å²) in [7, 11) is 0. The van der Waals surface area contributed by atoms with Gasteiger partial charge in [0, 0.05) is 4.88 Å². The number of hydrogen-bond donors (Lipinski definition) is 1. The topological polar surface area (TPSA) is 50.7 Å². The van der Waals surface area contributed by atoms with Crippen LogP contribution in [0.2, 0.25) is 4.34 Å². The second-order valence-corrected chi connectivity index (χ2v) is 7.22. The zero-order chi connectivity index (χ0) is 16.1. The van der Waals surface area contributed by atoms with Crippen molar-refractivity contribution in [2.45, 2.75) is 13.8 Å². The minimum absolute atomic E-state index is 0.106. The summed E-state index contributed by atoms with van der Waals surface area (Å²) in [5, 5.41) is 3.86. The number of amides is 1. The van der Waals surface area contributed by atoms with Gasteiger partial charge in [0.15, 0.2) is 6.61 Å². The minimum Gasteiger partial charge on any atom is -0.482 e. The van der Waals surface area contributed by atoms with Crippen LogP contribution in [0.1, 0.15) is 16.0 Å². The van der Waals surface area contributed by atoms with E-state index in [1.54, 1.807) is 12.3 Å². The lowest BCUT2D eigenvalue weighted by molar-refractivity contribution is -0.123. The van der Waals surface area contributed by atoms with E-state index >= 15 is 0 Å². The van der Waals surface area contributed by atoms with Gasteiger partial charge in [-0.05, 0) is 59.1 Å². The lowest BCUT2D eigenvalue weighted by atomic mass is 10.1. The van der Waals surface area contributed by atoms with Crippen LogP contribution in [0, 0.1) is 13.8 Å². The second kappa shape index (κ2) is 7.76. The molecule has 0 aliphatic carbocycles. The smallest absolute Gasteiger partial charge is 0.277 e. The van der Waals surface area contributed by atoms with Crippen molar-refractivity contribution in [2.75, 3.05) is 6.61 Å². The van der Waals surface area contributed by atoms with E-state index in [1.165, 1.54) is 11.3 Å². The number of rotatable bonds is 5. The molecule has 0 bridgehead atoms. The molecule has 2 aromatic rings. The van der Waals surface area contributed by atoms with E-state index in [1.807, 2.05) is 32.0 Å². The summed E-state index contributed by atoms with van der Waals surface area (Å²) in [6.45, 7) is 3.83. The van der Waals surface area contributed by atoms with Crippen LogP contribution in [0.5, 0.6) is 5.75 Å². The Hall–Kier alpha value is -1.37. The van der Waals surface area contributed by atoms with Gasteiger partial charge in [-0.3, -0.25) is 4.79 Å². The average Bonchev–Trinajstić information content (AvgIpc) is 2.83. The molecule has 7 heteroatoms. The summed E-state index contributed by atoms with van der Waals surface area (Å²) >= 11 is 10.6. The van der Waals surface area contributed by atoms with Gasteiger partial charge in [-0.2, -0.15) is 5.10 Å². The lowest BCUT2D eigenvalue weighted by Gasteiger charge is -2.11. The Kier molecular flexibility index (Phi) is 5.99. The summed E-state index contributed by atoms with van der Waals surface area (Å²) in [6, 6.07) is 7.54. The summed E-state index contributed by atoms with van der Waals surface area (Å²) in [4.78, 5) is 12.6. The van der Waals surface area contributed by atoms with Crippen LogP contribution < -0.4 is 10.2 Å². The monoisotopic (exact) mass is 400 g/mol. The molecular weight excluding hydrogens is 388 g/mol. The van der Waals surface area contributed by atoms with Gasteiger partial charge < -0.3 is 4.74 Å². The molecule has 1 amide bonds. The van der Waals surface area contributed by atoms with Gasteiger partial charge in [-0.25, -0.2) is 5.43 Å². The molecule has 1 aromatic heterocycles. The van der Waals surface area contributed by atoms with Gasteiger partial charge in [-0.15, -0.1) is 11.3 Å². The van der Waals surface area contributed by atoms with Crippen molar-refractivity contribution in [3.05, 3.63) is 49.1 Å². The van der Waals surface area contributed by atoms with E-state index in [0.29, 0.717) is 10.1 Å². The van der Waals surface area contributed by atoms with E-state index in [9.17, 15) is 4.79 Å². The number of carbonyl (C=O) groups excluding carboxylic acids is 1. The Morgan fingerprint density at radius 1 is 1.45 bits per heavy atom. The number of hydrazone groups is 1. The van der Waals surface area contributed by atoms with Gasteiger partial charge in [0.2, 0.25) is 0 Å². The summed E-state index contributed by atoms with van der Waals surface area (Å²) < 4.78 is 7.04. The maximum Gasteiger partial charge on any atom is 0.277 e. The van der Waals surface area contributed by atoms with Crippen molar-refractivity contribution in [1.29, 1.82) is 0 Å². The largest absolute Gasteiger partial charge is 0.482 e. The fraction of sp³-hybridized carbons (Fsp3) is 0.200. The zero-order valence-corrected chi connectivity index (χ0v) is 15.2. The Morgan fingerprint density at radius 2 is 2.23 bits per heavy atom. The van der Waals surface area contributed by atoms with E-state index in [2.05, 4.69) is 26.5 Å². The van der Waals surface area contributed by atoms with Crippen molar-refractivity contribution in [2.24, 2.45) is 5.10 Å². The Balaban J connectivity index is 1.87. The third kappa shape index (κ3) is 4.83. The normalized spacial score (nSPS) is 10.9. The van der Waals surface area contributed by atoms with Crippen molar-refractivity contribution >= 4 is 51.0 Å². The number of aryl methyl sites for hydroxylation is 2. The predicted octanol–water partition coefficient (Wildman–Crippen LogP) is 4.31. The van der Waals surface area contributed by atoms with Crippen LogP contribution in [-0.4, -0.2) is 18.7 Å². The average molecular weight is 402 g/mol. The first-order valence-corrected chi connectivity index (χ1v) is 8.41. The third-order valence-corrected chi connectivity index (χ3v) is 4.45. The van der Waals surface area contributed by atoms with Gasteiger partial charge in [0.25, 0.3) is 5.91 Å². The molecule has 1 N–H and O–H groups in total. The highest BCUT2D eigenvalue weighted by atomic mass is 79.9. The maximum absolute atomic E-state index is 11.7. The van der Waals surface area contributed by atoms with Gasteiger partial charge >= 0.3 is 0 Å². The van der Waals surface area contributed by atoms with E-state index in [0.717, 1.165) is 20.5 Å². The first-order chi connectivity index (χ1) is 10.5. The number of hydrogen-bond acceptors (Lipinski definition) is 4. The first kappa shape index (κ1) is 17.0. The number of halogens is 2. The van der Waals surface area contributed by atoms with Crippen molar-refractivity contribution in [3.8, 4) is 5.75 Å². The second-order valence-electron chi connectivity index (χ2n) is 4.62. The van der Waals surface area contributed by atoms with Crippen LogP contribution in [0.15, 0.2) is 33.8 Å². The Bertz CT molecular complexity index is 692. The number of benzene rings is 1. The summed E-state index contributed by atoms with van der Waals surface area (Å²) in [5.74, 6) is 0.334. The molecule has 0 saturated heterocycles. The van der Waals surface area contributed by atoms with Crippen molar-refractivity contribution in [1.82, 2.24) is 5.43 Å². The Morgan fingerprint density at radius 3 is 2.86 bits per heavy atom. The van der Waals surface area contributed by atoms with Gasteiger partial charge in [0.1, 0.15) is 5.75 Å². The number of thiophene rings is 1. The molecular formula is C15H14BrClN2O2S. The minimum atomic E-state index is -0.328. The molecule has 0 saturated carbocycles. The third-order valence-electron chi connectivity index (χ3n) is 2.70. The SMILES string of the molecule is Cc1cc(C)c(OCC(=O)NN=Cc2ccc(Cl)s2)c(Br)c1. The van der Waals surface area contributed by atoms with E-state index < -0.39 is 0 Å². The van der Waals surface area contributed by atoms with E-state index in [4.69, 9.17) is 16.3 Å². The zero-order valence-electron chi connectivity index (χ0n) is 12.0. The van der Waals surface area contributed by atoms with Crippen molar-refractivity contribution in [3.63, 3.8) is 0 Å². The van der Waals surface area contributed by atoms with Gasteiger partial charge in [-0.1, -0.05) is 17.7 Å². The number of nitrogens with zero attached hydrogens (tertiary/aromatic N) is 1. The highest BCUT2D eigenvalue weighted by molar-refractivity contribution is 9.10. The van der Waals surface area contributed by atoms with Crippen LogP contribution in [0.4, 0.5) is 0 Å². The first-order valence-electron chi connectivity index (χ1n) is 6.42. The molecule has 0 aliphatic rings. The predicted molar refractivity (Wildman–Crippen MR) is 94.2 cm³/mol. The highest BCUT2D eigenvalue weighted by Crippen LogP contribution is 2.30. The summed E-state index contributed by atoms with van der Waals surface area (Å²) in [5.41, 5.74) is 4.51. The molecule has 1 heterocycles. The standard InChI is InChI=1S/C15H14BrClN2O2S/c1-9-5-10(2)15(12(16)6-9)21-8-14(20)19-18-7-11-3-4-13(17)22-11/h3-7H,8H2,1-2H3,(H,19,20). The lowest BCUT2D eigenvalue weighted by Crippen LogP contribution is -2.24. The molecule has 116 valence electrons. The molecule has 0 fully saturated rings. The molecule has 22 heavy (non-hydrogen) atoms. The maximum atomic E-state index is 11.7. The van der Waals surface area contributed by atoms with E-state index in [-0.39, 0.29) is 12.5 Å².